The van der Waals surface area contributed by atoms with Crippen molar-refractivity contribution in [1.29, 1.82) is 0 Å². The second-order valence-corrected chi connectivity index (χ2v) is 7.71. The summed E-state index contributed by atoms with van der Waals surface area (Å²) in [5.41, 5.74) is 0.307. The SMILES string of the molecule is CCC(=O)C(=CN(C)C)C(=O)NC1C2CC3CC(C2)CC1C3. The molecule has 4 nitrogen and oxygen atoms in total. The molecule has 122 valence electrons. The molecule has 0 aliphatic heterocycles. The lowest BCUT2D eigenvalue weighted by Gasteiger charge is -2.54. The Morgan fingerprint density at radius 1 is 1.05 bits per heavy atom. The minimum Gasteiger partial charge on any atom is -0.383 e. The van der Waals surface area contributed by atoms with Crippen LogP contribution in [0.2, 0.25) is 0 Å². The van der Waals surface area contributed by atoms with E-state index in [0.29, 0.717) is 23.8 Å². The summed E-state index contributed by atoms with van der Waals surface area (Å²) in [6, 6.07) is 0.288. The molecular weight excluding hydrogens is 276 g/mol. The van der Waals surface area contributed by atoms with E-state index >= 15 is 0 Å². The number of nitrogens with one attached hydrogen (secondary N) is 1. The molecule has 0 aromatic heterocycles. The van der Waals surface area contributed by atoms with Crippen LogP contribution in [0.15, 0.2) is 11.8 Å². The summed E-state index contributed by atoms with van der Waals surface area (Å²) < 4.78 is 0. The van der Waals surface area contributed by atoms with Crippen LogP contribution in [0.5, 0.6) is 0 Å². The van der Waals surface area contributed by atoms with Gasteiger partial charge in [-0.05, 0) is 55.8 Å². The Morgan fingerprint density at radius 3 is 2.05 bits per heavy atom. The molecule has 4 aliphatic rings. The first-order valence-electron chi connectivity index (χ1n) is 8.70. The van der Waals surface area contributed by atoms with Gasteiger partial charge >= 0.3 is 0 Å². The molecule has 0 atom stereocenters. The summed E-state index contributed by atoms with van der Waals surface area (Å²) in [4.78, 5) is 26.5. The molecule has 1 N–H and O–H groups in total. The summed E-state index contributed by atoms with van der Waals surface area (Å²) in [6.07, 6.45) is 8.53. The first kappa shape index (κ1) is 15.6. The highest BCUT2D eigenvalue weighted by Crippen LogP contribution is 2.53. The lowest BCUT2D eigenvalue weighted by Crippen LogP contribution is -2.56. The van der Waals surface area contributed by atoms with E-state index in [-0.39, 0.29) is 17.7 Å². The third-order valence-electron chi connectivity index (χ3n) is 5.78. The summed E-state index contributed by atoms with van der Waals surface area (Å²) in [5, 5.41) is 3.23. The van der Waals surface area contributed by atoms with Gasteiger partial charge < -0.3 is 10.2 Å². The Balaban J connectivity index is 1.71. The standard InChI is InChI=1S/C18H28N2O2/c1-4-16(21)15(10-20(2)3)18(22)19-17-13-6-11-5-12(8-13)9-14(17)7-11/h10-14,17H,4-9H2,1-3H3,(H,19,22). The monoisotopic (exact) mass is 304 g/mol. The predicted molar refractivity (Wildman–Crippen MR) is 86.0 cm³/mol. The molecule has 0 spiro atoms. The zero-order chi connectivity index (χ0) is 15.9. The highest BCUT2D eigenvalue weighted by molar-refractivity contribution is 6.19. The van der Waals surface area contributed by atoms with Gasteiger partial charge in [-0.15, -0.1) is 0 Å². The normalized spacial score (nSPS) is 36.3. The van der Waals surface area contributed by atoms with Crippen LogP contribution in [0.4, 0.5) is 0 Å². The quantitative estimate of drug-likeness (QED) is 0.482. The van der Waals surface area contributed by atoms with E-state index in [4.69, 9.17) is 0 Å². The molecule has 0 saturated heterocycles. The molecule has 0 radical (unpaired) electrons. The Hall–Kier alpha value is -1.32. The lowest BCUT2D eigenvalue weighted by atomic mass is 9.54. The van der Waals surface area contributed by atoms with Crippen LogP contribution in [0.3, 0.4) is 0 Å². The van der Waals surface area contributed by atoms with Gasteiger partial charge in [0.1, 0.15) is 0 Å². The average molecular weight is 304 g/mol. The number of ketones is 1. The summed E-state index contributed by atoms with van der Waals surface area (Å²) in [5.74, 6) is 2.82. The molecule has 22 heavy (non-hydrogen) atoms. The average Bonchev–Trinajstić information content (AvgIpc) is 2.46. The van der Waals surface area contributed by atoms with Crippen molar-refractivity contribution in [3.63, 3.8) is 0 Å². The van der Waals surface area contributed by atoms with Crippen molar-refractivity contribution in [2.45, 2.75) is 51.5 Å². The molecule has 4 saturated carbocycles. The minimum absolute atomic E-state index is 0.0741. The van der Waals surface area contributed by atoms with E-state index in [1.807, 2.05) is 21.0 Å². The van der Waals surface area contributed by atoms with Crippen LogP contribution in [0.1, 0.15) is 45.4 Å². The Bertz CT molecular complexity index is 467. The highest BCUT2D eigenvalue weighted by Gasteiger charge is 2.48. The van der Waals surface area contributed by atoms with E-state index in [1.165, 1.54) is 32.1 Å². The number of rotatable bonds is 5. The number of amides is 1. The fourth-order valence-corrected chi connectivity index (χ4v) is 5.10. The van der Waals surface area contributed by atoms with Crippen LogP contribution in [-0.4, -0.2) is 36.7 Å². The molecule has 0 unspecified atom stereocenters. The van der Waals surface area contributed by atoms with Crippen LogP contribution in [-0.2, 0) is 9.59 Å². The maximum atomic E-state index is 12.6. The van der Waals surface area contributed by atoms with E-state index in [9.17, 15) is 9.59 Å². The van der Waals surface area contributed by atoms with Crippen LogP contribution in [0.25, 0.3) is 0 Å². The second kappa shape index (κ2) is 6.05. The molecule has 4 aliphatic carbocycles. The lowest BCUT2D eigenvalue weighted by molar-refractivity contribution is -0.125. The highest BCUT2D eigenvalue weighted by atomic mass is 16.2. The number of carbonyl (C=O) groups is 2. The van der Waals surface area contributed by atoms with Gasteiger partial charge in [0.25, 0.3) is 5.91 Å². The number of hydrogen-bond donors (Lipinski definition) is 1. The molecule has 4 bridgehead atoms. The maximum Gasteiger partial charge on any atom is 0.256 e. The predicted octanol–water partition coefficient (Wildman–Crippen LogP) is 2.35. The summed E-state index contributed by atoms with van der Waals surface area (Å²) in [7, 11) is 3.69. The van der Waals surface area contributed by atoms with Crippen molar-refractivity contribution in [1.82, 2.24) is 10.2 Å². The number of carbonyl (C=O) groups excluding carboxylic acids is 2. The third-order valence-corrected chi connectivity index (χ3v) is 5.78. The van der Waals surface area contributed by atoms with Crippen LogP contribution >= 0.6 is 0 Å². The molecule has 1 amide bonds. The van der Waals surface area contributed by atoms with Gasteiger partial charge in [0.05, 0.1) is 5.57 Å². The van der Waals surface area contributed by atoms with Gasteiger partial charge in [-0.2, -0.15) is 0 Å². The van der Waals surface area contributed by atoms with Gasteiger partial charge in [-0.1, -0.05) is 6.92 Å². The Labute approximate surface area is 133 Å². The first-order chi connectivity index (χ1) is 10.5. The molecule has 4 fully saturated rings. The van der Waals surface area contributed by atoms with Crippen molar-refractivity contribution >= 4 is 11.7 Å². The van der Waals surface area contributed by atoms with Gasteiger partial charge in [-0.25, -0.2) is 0 Å². The van der Waals surface area contributed by atoms with Gasteiger partial charge in [-0.3, -0.25) is 9.59 Å². The van der Waals surface area contributed by atoms with Crippen molar-refractivity contribution < 1.29 is 9.59 Å². The van der Waals surface area contributed by atoms with Gasteiger partial charge in [0.15, 0.2) is 5.78 Å². The zero-order valence-electron chi connectivity index (χ0n) is 14.0. The van der Waals surface area contributed by atoms with Gasteiger partial charge in [0.2, 0.25) is 0 Å². The zero-order valence-corrected chi connectivity index (χ0v) is 14.0. The summed E-state index contributed by atoms with van der Waals surface area (Å²) >= 11 is 0. The van der Waals surface area contributed by atoms with Crippen molar-refractivity contribution in [3.8, 4) is 0 Å². The van der Waals surface area contributed by atoms with Crippen molar-refractivity contribution in [2.24, 2.45) is 23.7 Å². The number of nitrogens with zero attached hydrogens (tertiary/aromatic N) is 1. The molecule has 0 aromatic rings. The van der Waals surface area contributed by atoms with E-state index in [1.54, 1.807) is 11.1 Å². The minimum atomic E-state index is -0.168. The summed E-state index contributed by atoms with van der Waals surface area (Å²) in [6.45, 7) is 1.81. The Kier molecular flexibility index (Phi) is 4.28. The van der Waals surface area contributed by atoms with E-state index in [2.05, 4.69) is 5.32 Å². The molecule has 0 aromatic carbocycles. The van der Waals surface area contributed by atoms with Crippen molar-refractivity contribution in [2.75, 3.05) is 14.1 Å². The van der Waals surface area contributed by atoms with Crippen molar-refractivity contribution in [3.05, 3.63) is 11.8 Å². The fourth-order valence-electron chi connectivity index (χ4n) is 5.10. The first-order valence-corrected chi connectivity index (χ1v) is 8.70. The van der Waals surface area contributed by atoms with E-state index in [0.717, 1.165) is 11.8 Å². The van der Waals surface area contributed by atoms with Crippen LogP contribution in [0, 0.1) is 23.7 Å². The number of Topliss-reactive ketones (excluding diaryl/α,β-unsaturated/α-hetero) is 1. The number of hydrogen-bond acceptors (Lipinski definition) is 3. The topological polar surface area (TPSA) is 49.4 Å². The maximum absolute atomic E-state index is 12.6. The van der Waals surface area contributed by atoms with Crippen LogP contribution < -0.4 is 5.32 Å². The third kappa shape index (κ3) is 2.92. The fraction of sp³-hybridized carbons (Fsp3) is 0.778. The largest absolute Gasteiger partial charge is 0.383 e. The van der Waals surface area contributed by atoms with E-state index < -0.39 is 0 Å². The molecular formula is C18H28N2O2. The second-order valence-electron chi connectivity index (χ2n) is 7.71. The smallest absolute Gasteiger partial charge is 0.256 e. The Morgan fingerprint density at radius 2 is 1.59 bits per heavy atom. The van der Waals surface area contributed by atoms with Gasteiger partial charge in [0, 0.05) is 32.8 Å². The molecule has 4 heteroatoms. The molecule has 4 rings (SSSR count). The molecule has 0 heterocycles.